The van der Waals surface area contributed by atoms with Crippen LogP contribution in [0.5, 0.6) is 0 Å². The number of rotatable bonds is 10. The number of carbonyl (C=O) groups is 2. The lowest BCUT2D eigenvalue weighted by Gasteiger charge is -2.20. The van der Waals surface area contributed by atoms with Gasteiger partial charge in [0.25, 0.3) is 11.5 Å². The molecule has 8 nitrogen and oxygen atoms in total. The SMILES string of the molecule is CCCCn1c(NCCc2ccccc2)c(/C=C2/SC(=S)N(CC(=O)O)C2=O)c(C)c(C#N)c1=O. The molecule has 1 fully saturated rings. The number of aromatic nitrogens is 1. The number of aliphatic carboxylic acids is 1. The zero-order valence-corrected chi connectivity index (χ0v) is 21.2. The van der Waals surface area contributed by atoms with Crippen molar-refractivity contribution in [1.82, 2.24) is 9.47 Å². The number of pyridine rings is 1. The summed E-state index contributed by atoms with van der Waals surface area (Å²) < 4.78 is 1.71. The molecule has 10 heteroatoms. The first-order valence-corrected chi connectivity index (χ1v) is 12.4. The predicted molar refractivity (Wildman–Crippen MR) is 141 cm³/mol. The Bertz CT molecular complexity index is 1280. The van der Waals surface area contributed by atoms with Gasteiger partial charge < -0.3 is 10.4 Å². The third kappa shape index (κ3) is 5.99. The molecule has 182 valence electrons. The van der Waals surface area contributed by atoms with Crippen LogP contribution in [-0.4, -0.2) is 43.9 Å². The smallest absolute Gasteiger partial charge is 0.323 e. The first-order chi connectivity index (χ1) is 16.8. The van der Waals surface area contributed by atoms with Gasteiger partial charge in [-0.05, 0) is 37.0 Å². The molecule has 1 aliphatic heterocycles. The molecule has 3 rings (SSSR count). The maximum absolute atomic E-state index is 13.2. The van der Waals surface area contributed by atoms with E-state index in [1.54, 1.807) is 17.6 Å². The summed E-state index contributed by atoms with van der Waals surface area (Å²) >= 11 is 6.22. The van der Waals surface area contributed by atoms with E-state index in [1.165, 1.54) is 0 Å². The third-order valence-electron chi connectivity index (χ3n) is 5.60. The van der Waals surface area contributed by atoms with Gasteiger partial charge >= 0.3 is 5.97 Å². The number of carboxylic acids is 1. The summed E-state index contributed by atoms with van der Waals surface area (Å²) in [4.78, 5) is 38.5. The summed E-state index contributed by atoms with van der Waals surface area (Å²) in [6.07, 6.45) is 3.91. The largest absolute Gasteiger partial charge is 0.480 e. The molecule has 2 N–H and O–H groups in total. The van der Waals surface area contributed by atoms with E-state index in [4.69, 9.17) is 17.3 Å². The van der Waals surface area contributed by atoms with Gasteiger partial charge in [0.05, 0.1) is 4.91 Å². The van der Waals surface area contributed by atoms with Gasteiger partial charge in [-0.3, -0.25) is 23.9 Å². The second-order valence-corrected chi connectivity index (χ2v) is 9.68. The van der Waals surface area contributed by atoms with Crippen molar-refractivity contribution < 1.29 is 14.7 Å². The minimum Gasteiger partial charge on any atom is -0.480 e. The van der Waals surface area contributed by atoms with Crippen LogP contribution in [0, 0.1) is 18.3 Å². The van der Waals surface area contributed by atoms with Gasteiger partial charge in [-0.1, -0.05) is 67.7 Å². The fourth-order valence-electron chi connectivity index (χ4n) is 3.76. The van der Waals surface area contributed by atoms with Crippen LogP contribution in [0.25, 0.3) is 6.08 Å². The fraction of sp³-hybridized carbons (Fsp3) is 0.320. The van der Waals surface area contributed by atoms with Crippen molar-refractivity contribution in [3.63, 3.8) is 0 Å². The standard InChI is InChI=1S/C25H26N4O4S2/c1-3-4-12-28-22(27-11-10-17-8-6-5-7-9-17)18(16(2)19(14-26)23(28)32)13-20-24(33)29(15-21(30)31)25(34)35-20/h5-9,13,27H,3-4,10-12,15H2,1-2H3,(H,30,31)/b20-13+. The molecule has 0 bridgehead atoms. The molecule has 0 spiro atoms. The number of thiocarbonyl (C=S) groups is 1. The van der Waals surface area contributed by atoms with Gasteiger partial charge in [0.2, 0.25) is 0 Å². The Morgan fingerprint density at radius 1 is 1.29 bits per heavy atom. The second-order valence-electron chi connectivity index (χ2n) is 8.01. The lowest BCUT2D eigenvalue weighted by molar-refractivity contribution is -0.140. The van der Waals surface area contributed by atoms with Crippen LogP contribution in [0.15, 0.2) is 40.0 Å². The summed E-state index contributed by atoms with van der Waals surface area (Å²) in [5.41, 5.74) is 1.76. The van der Waals surface area contributed by atoms with Crippen molar-refractivity contribution in [2.75, 3.05) is 18.4 Å². The Labute approximate surface area is 213 Å². The third-order valence-corrected chi connectivity index (χ3v) is 6.98. The maximum Gasteiger partial charge on any atom is 0.323 e. The Balaban J connectivity index is 2.09. The average Bonchev–Trinajstić information content (AvgIpc) is 3.09. The average molecular weight is 511 g/mol. The molecule has 1 amide bonds. The molecule has 1 aliphatic rings. The fourth-order valence-corrected chi connectivity index (χ4v) is 4.99. The van der Waals surface area contributed by atoms with Crippen LogP contribution < -0.4 is 10.9 Å². The van der Waals surface area contributed by atoms with E-state index in [0.29, 0.717) is 36.5 Å². The highest BCUT2D eigenvalue weighted by molar-refractivity contribution is 8.26. The molecule has 0 atom stereocenters. The number of unbranched alkanes of at least 4 members (excludes halogenated alkanes) is 1. The monoisotopic (exact) mass is 510 g/mol. The first kappa shape index (κ1) is 26.2. The van der Waals surface area contributed by atoms with E-state index < -0.39 is 18.4 Å². The van der Waals surface area contributed by atoms with Crippen molar-refractivity contribution in [3.05, 3.63) is 67.8 Å². The maximum atomic E-state index is 13.2. The number of amides is 1. The van der Waals surface area contributed by atoms with Crippen molar-refractivity contribution in [1.29, 1.82) is 5.26 Å². The van der Waals surface area contributed by atoms with E-state index in [9.17, 15) is 19.6 Å². The van der Waals surface area contributed by atoms with E-state index in [2.05, 4.69) is 5.32 Å². The molecule has 1 saturated heterocycles. The van der Waals surface area contributed by atoms with Crippen LogP contribution in [-0.2, 0) is 22.6 Å². The number of nitrogens with one attached hydrogen (secondary N) is 1. The number of carboxylic acid groups (broad SMARTS) is 1. The number of hydrogen-bond donors (Lipinski definition) is 2. The summed E-state index contributed by atoms with van der Waals surface area (Å²) in [5, 5.41) is 22.2. The van der Waals surface area contributed by atoms with Gasteiger partial charge in [-0.15, -0.1) is 0 Å². The Hall–Kier alpha value is -3.42. The molecule has 2 heterocycles. The van der Waals surface area contributed by atoms with Crippen LogP contribution in [0.4, 0.5) is 5.82 Å². The van der Waals surface area contributed by atoms with E-state index in [-0.39, 0.29) is 20.3 Å². The van der Waals surface area contributed by atoms with Gasteiger partial charge in [-0.2, -0.15) is 5.26 Å². The summed E-state index contributed by atoms with van der Waals surface area (Å²) in [5.74, 6) is -1.15. The predicted octanol–water partition coefficient (Wildman–Crippen LogP) is 3.77. The van der Waals surface area contributed by atoms with Gasteiger partial charge in [0, 0.05) is 18.7 Å². The Morgan fingerprint density at radius 2 is 2.00 bits per heavy atom. The highest BCUT2D eigenvalue weighted by Gasteiger charge is 2.34. The quantitative estimate of drug-likeness (QED) is 0.367. The highest BCUT2D eigenvalue weighted by Crippen LogP contribution is 2.35. The zero-order valence-electron chi connectivity index (χ0n) is 19.5. The van der Waals surface area contributed by atoms with Crippen LogP contribution in [0.2, 0.25) is 0 Å². The molecule has 0 radical (unpaired) electrons. The van der Waals surface area contributed by atoms with Crippen molar-refractivity contribution >= 4 is 52.1 Å². The van der Waals surface area contributed by atoms with Crippen molar-refractivity contribution in [3.8, 4) is 6.07 Å². The number of nitrogens with zero attached hydrogens (tertiary/aromatic N) is 3. The normalized spacial score (nSPS) is 14.4. The second kappa shape index (κ2) is 11.8. The highest BCUT2D eigenvalue weighted by atomic mass is 32.2. The van der Waals surface area contributed by atoms with Crippen molar-refractivity contribution in [2.45, 2.75) is 39.7 Å². The minimum atomic E-state index is -1.16. The number of thioether (sulfide) groups is 1. The van der Waals surface area contributed by atoms with E-state index in [1.807, 2.05) is 43.3 Å². The summed E-state index contributed by atoms with van der Waals surface area (Å²) in [6, 6.07) is 11.9. The summed E-state index contributed by atoms with van der Waals surface area (Å²) in [6.45, 7) is 4.11. The van der Waals surface area contributed by atoms with Gasteiger partial charge in [0.1, 0.15) is 28.3 Å². The lowest BCUT2D eigenvalue weighted by atomic mass is 10.0. The number of hydrogen-bond acceptors (Lipinski definition) is 7. The lowest BCUT2D eigenvalue weighted by Crippen LogP contribution is -2.33. The Kier molecular flexibility index (Phi) is 8.84. The first-order valence-electron chi connectivity index (χ1n) is 11.2. The molecular formula is C25H26N4O4S2. The molecule has 0 aliphatic carbocycles. The molecule has 2 aromatic rings. The molecule has 0 unspecified atom stereocenters. The number of nitriles is 1. The number of benzene rings is 1. The molecule has 1 aromatic heterocycles. The van der Waals surface area contributed by atoms with Gasteiger partial charge in [-0.25, -0.2) is 0 Å². The topological polar surface area (TPSA) is 115 Å². The minimum absolute atomic E-state index is 0.0157. The van der Waals surface area contributed by atoms with Gasteiger partial charge in [0.15, 0.2) is 0 Å². The molecule has 0 saturated carbocycles. The number of anilines is 1. The van der Waals surface area contributed by atoms with Crippen LogP contribution >= 0.6 is 24.0 Å². The molecule has 1 aromatic carbocycles. The summed E-state index contributed by atoms with van der Waals surface area (Å²) in [7, 11) is 0. The van der Waals surface area contributed by atoms with Crippen LogP contribution in [0.1, 0.15) is 42.0 Å². The number of carbonyl (C=O) groups excluding carboxylic acids is 1. The van der Waals surface area contributed by atoms with E-state index >= 15 is 0 Å². The molecule has 35 heavy (non-hydrogen) atoms. The Morgan fingerprint density at radius 3 is 2.63 bits per heavy atom. The van der Waals surface area contributed by atoms with Crippen LogP contribution in [0.3, 0.4) is 0 Å². The van der Waals surface area contributed by atoms with E-state index in [0.717, 1.165) is 35.1 Å². The molecular weight excluding hydrogens is 484 g/mol. The van der Waals surface area contributed by atoms with Crippen molar-refractivity contribution in [2.24, 2.45) is 0 Å². The zero-order chi connectivity index (χ0) is 25.5.